The molecule has 1 aromatic rings. The maximum Gasteiger partial charge on any atom is 0.417 e. The van der Waals surface area contributed by atoms with Crippen molar-refractivity contribution in [3.63, 3.8) is 0 Å². The van der Waals surface area contributed by atoms with Crippen LogP contribution < -0.4 is 0 Å². The molecule has 0 N–H and O–H groups in total. The van der Waals surface area contributed by atoms with Gasteiger partial charge in [-0.05, 0) is 19.1 Å². The van der Waals surface area contributed by atoms with Crippen molar-refractivity contribution in [3.8, 4) is 0 Å². The zero-order chi connectivity index (χ0) is 11.5. The van der Waals surface area contributed by atoms with Gasteiger partial charge in [-0.3, -0.25) is 4.79 Å². The van der Waals surface area contributed by atoms with Gasteiger partial charge in [-0.25, -0.2) is 0 Å². The van der Waals surface area contributed by atoms with E-state index in [1.54, 1.807) is 6.92 Å². The van der Waals surface area contributed by atoms with E-state index >= 15 is 0 Å². The zero-order valence-corrected chi connectivity index (χ0v) is 8.01. The summed E-state index contributed by atoms with van der Waals surface area (Å²) in [5.74, 6) is -0.634. The van der Waals surface area contributed by atoms with Gasteiger partial charge >= 0.3 is 6.18 Å². The molecular weight excluding hydrogens is 205 g/mol. The predicted molar refractivity (Wildman–Crippen MR) is 50.6 cm³/mol. The van der Waals surface area contributed by atoms with E-state index < -0.39 is 17.5 Å². The standard InChI is InChI=1S/C11H9F3O/c1-2-5-10(15)8-6-3-4-7-9(8)11(12,13)14/h2-7H,1H3/b5-2+. The molecule has 0 saturated heterocycles. The third-order valence-electron chi connectivity index (χ3n) is 1.82. The third kappa shape index (κ3) is 2.68. The second-order valence-corrected chi connectivity index (χ2v) is 2.91. The maximum atomic E-state index is 12.5. The Labute approximate surface area is 85.2 Å². The van der Waals surface area contributed by atoms with Gasteiger partial charge in [-0.1, -0.05) is 24.3 Å². The van der Waals surface area contributed by atoms with Crippen LogP contribution in [0, 0.1) is 0 Å². The normalized spacial score (nSPS) is 12.0. The lowest BCUT2D eigenvalue weighted by Crippen LogP contribution is -2.11. The number of allylic oxidation sites excluding steroid dienone is 2. The van der Waals surface area contributed by atoms with Crippen LogP contribution in [0.5, 0.6) is 0 Å². The molecule has 0 amide bonds. The predicted octanol–water partition coefficient (Wildman–Crippen LogP) is 3.46. The van der Waals surface area contributed by atoms with Gasteiger partial charge in [0.05, 0.1) is 5.56 Å². The highest BCUT2D eigenvalue weighted by molar-refractivity contribution is 6.05. The van der Waals surface area contributed by atoms with Crippen LogP contribution in [0.3, 0.4) is 0 Å². The van der Waals surface area contributed by atoms with Gasteiger partial charge < -0.3 is 0 Å². The number of alkyl halides is 3. The monoisotopic (exact) mass is 214 g/mol. The average molecular weight is 214 g/mol. The van der Waals surface area contributed by atoms with Gasteiger partial charge in [0.1, 0.15) is 0 Å². The minimum atomic E-state index is -4.49. The molecule has 1 rings (SSSR count). The molecule has 1 nitrogen and oxygen atoms in total. The van der Waals surface area contributed by atoms with Gasteiger partial charge in [0.25, 0.3) is 0 Å². The van der Waals surface area contributed by atoms with Crippen molar-refractivity contribution >= 4 is 5.78 Å². The van der Waals surface area contributed by atoms with Gasteiger partial charge in [0.2, 0.25) is 0 Å². The highest BCUT2D eigenvalue weighted by Gasteiger charge is 2.34. The average Bonchev–Trinajstić information content (AvgIpc) is 2.17. The smallest absolute Gasteiger partial charge is 0.289 e. The summed E-state index contributed by atoms with van der Waals surface area (Å²) in [7, 11) is 0. The Bertz CT molecular complexity index is 391. The van der Waals surface area contributed by atoms with Crippen molar-refractivity contribution in [2.75, 3.05) is 0 Å². The Hall–Kier alpha value is -1.58. The highest BCUT2D eigenvalue weighted by atomic mass is 19.4. The van der Waals surface area contributed by atoms with Gasteiger partial charge in [0, 0.05) is 5.56 Å². The van der Waals surface area contributed by atoms with Crippen LogP contribution in [0.1, 0.15) is 22.8 Å². The maximum absolute atomic E-state index is 12.5. The number of benzene rings is 1. The van der Waals surface area contributed by atoms with Crippen molar-refractivity contribution < 1.29 is 18.0 Å². The van der Waals surface area contributed by atoms with E-state index in [4.69, 9.17) is 0 Å². The van der Waals surface area contributed by atoms with Crippen LogP contribution in [0.25, 0.3) is 0 Å². The van der Waals surface area contributed by atoms with Gasteiger partial charge in [-0.2, -0.15) is 13.2 Å². The first-order chi connectivity index (χ1) is 6.96. The molecule has 15 heavy (non-hydrogen) atoms. The van der Waals surface area contributed by atoms with Crippen molar-refractivity contribution in [1.82, 2.24) is 0 Å². The lowest BCUT2D eigenvalue weighted by Gasteiger charge is -2.09. The van der Waals surface area contributed by atoms with E-state index in [1.165, 1.54) is 24.3 Å². The van der Waals surface area contributed by atoms with Crippen molar-refractivity contribution in [2.24, 2.45) is 0 Å². The number of halogens is 3. The minimum Gasteiger partial charge on any atom is -0.289 e. The SMILES string of the molecule is C/C=C/C(=O)c1ccccc1C(F)(F)F. The number of hydrogen-bond donors (Lipinski definition) is 0. The Kier molecular flexibility index (Phi) is 3.29. The van der Waals surface area contributed by atoms with E-state index in [1.807, 2.05) is 0 Å². The largest absolute Gasteiger partial charge is 0.417 e. The minimum absolute atomic E-state index is 0.317. The van der Waals surface area contributed by atoms with Crippen LogP contribution in [0.4, 0.5) is 13.2 Å². The summed E-state index contributed by atoms with van der Waals surface area (Å²) in [4.78, 5) is 11.3. The molecule has 0 radical (unpaired) electrons. The van der Waals surface area contributed by atoms with E-state index in [2.05, 4.69) is 0 Å². The Morgan fingerprint density at radius 1 is 1.27 bits per heavy atom. The van der Waals surface area contributed by atoms with E-state index in [-0.39, 0.29) is 5.56 Å². The van der Waals surface area contributed by atoms with E-state index in [9.17, 15) is 18.0 Å². The van der Waals surface area contributed by atoms with Crippen LogP contribution in [0.2, 0.25) is 0 Å². The number of carbonyl (C=O) groups is 1. The van der Waals surface area contributed by atoms with Crippen LogP contribution >= 0.6 is 0 Å². The fraction of sp³-hybridized carbons (Fsp3) is 0.182. The number of ketones is 1. The van der Waals surface area contributed by atoms with Crippen LogP contribution in [0.15, 0.2) is 36.4 Å². The lowest BCUT2D eigenvalue weighted by atomic mass is 10.0. The molecule has 0 fully saturated rings. The second kappa shape index (κ2) is 4.29. The van der Waals surface area contributed by atoms with Crippen LogP contribution in [-0.4, -0.2) is 5.78 Å². The molecule has 0 heterocycles. The molecular formula is C11H9F3O. The summed E-state index contributed by atoms with van der Waals surface area (Å²) in [6.45, 7) is 1.58. The summed E-state index contributed by atoms with van der Waals surface area (Å²) in [5, 5.41) is 0. The topological polar surface area (TPSA) is 17.1 Å². The third-order valence-corrected chi connectivity index (χ3v) is 1.82. The Morgan fingerprint density at radius 3 is 2.40 bits per heavy atom. The van der Waals surface area contributed by atoms with Crippen molar-refractivity contribution in [3.05, 3.63) is 47.5 Å². The molecule has 0 saturated carbocycles. The first-order valence-corrected chi connectivity index (χ1v) is 4.30. The Balaban J connectivity index is 3.24. The summed E-state index contributed by atoms with van der Waals surface area (Å²) < 4.78 is 37.4. The molecule has 0 aliphatic rings. The molecule has 4 heteroatoms. The number of carbonyl (C=O) groups excluding carboxylic acids is 1. The van der Waals surface area contributed by atoms with Gasteiger partial charge in [0.15, 0.2) is 5.78 Å². The molecule has 80 valence electrons. The summed E-state index contributed by atoms with van der Waals surface area (Å²) >= 11 is 0. The first-order valence-electron chi connectivity index (χ1n) is 4.30. The molecule has 0 aliphatic carbocycles. The molecule has 0 atom stereocenters. The van der Waals surface area contributed by atoms with Crippen molar-refractivity contribution in [2.45, 2.75) is 13.1 Å². The van der Waals surface area contributed by atoms with E-state index in [0.29, 0.717) is 0 Å². The summed E-state index contributed by atoms with van der Waals surface area (Å²) in [6, 6.07) is 4.74. The lowest BCUT2D eigenvalue weighted by molar-refractivity contribution is -0.137. The zero-order valence-electron chi connectivity index (χ0n) is 8.01. The van der Waals surface area contributed by atoms with Crippen molar-refractivity contribution in [1.29, 1.82) is 0 Å². The fourth-order valence-electron chi connectivity index (χ4n) is 1.19. The number of hydrogen-bond acceptors (Lipinski definition) is 1. The molecule has 0 aliphatic heterocycles. The second-order valence-electron chi connectivity index (χ2n) is 2.91. The summed E-state index contributed by atoms with van der Waals surface area (Å²) in [6.07, 6.45) is -1.96. The molecule has 1 aromatic carbocycles. The molecule has 0 bridgehead atoms. The quantitative estimate of drug-likeness (QED) is 0.544. The molecule has 0 spiro atoms. The highest BCUT2D eigenvalue weighted by Crippen LogP contribution is 2.32. The number of rotatable bonds is 2. The summed E-state index contributed by atoms with van der Waals surface area (Å²) in [5.41, 5.74) is -1.21. The van der Waals surface area contributed by atoms with E-state index in [0.717, 1.165) is 12.1 Å². The Morgan fingerprint density at radius 2 is 1.87 bits per heavy atom. The fourth-order valence-corrected chi connectivity index (χ4v) is 1.19. The molecule has 0 aromatic heterocycles. The first kappa shape index (κ1) is 11.5. The van der Waals surface area contributed by atoms with Gasteiger partial charge in [-0.15, -0.1) is 0 Å². The van der Waals surface area contributed by atoms with Crippen LogP contribution in [-0.2, 0) is 6.18 Å². The molecule has 0 unspecified atom stereocenters.